The van der Waals surface area contributed by atoms with E-state index >= 15 is 0 Å². The molecule has 1 aliphatic carbocycles. The molecule has 2 unspecified atom stereocenters. The average Bonchev–Trinajstić information content (AvgIpc) is 2.73. The zero-order chi connectivity index (χ0) is 24.6. The number of benzene rings is 1. The standard InChI is InChI=1S/C26H41N3O4/c1-7-17-29(24(31)19(3)27-25(32)33-26(4,5)6)22(20-15-13-18(2)14-16-20)23(30)28-21-11-9-8-10-12-21/h13-16,19,21-22H,7-12,17H2,1-6H3,(H,27,32)(H,28,30). The summed E-state index contributed by atoms with van der Waals surface area (Å²) in [5.74, 6) is -0.482. The van der Waals surface area contributed by atoms with Crippen molar-refractivity contribution < 1.29 is 19.1 Å². The molecule has 7 nitrogen and oxygen atoms in total. The predicted octanol–water partition coefficient (Wildman–Crippen LogP) is 4.64. The van der Waals surface area contributed by atoms with E-state index in [-0.39, 0.29) is 17.9 Å². The number of amides is 3. The first-order valence-electron chi connectivity index (χ1n) is 12.2. The highest BCUT2D eigenvalue weighted by Gasteiger charge is 2.35. The van der Waals surface area contributed by atoms with Crippen molar-refractivity contribution in [1.29, 1.82) is 0 Å². The Morgan fingerprint density at radius 3 is 2.24 bits per heavy atom. The summed E-state index contributed by atoms with van der Waals surface area (Å²) >= 11 is 0. The van der Waals surface area contributed by atoms with E-state index in [4.69, 9.17) is 4.74 Å². The number of rotatable bonds is 8. The molecule has 0 heterocycles. The molecule has 1 aromatic rings. The summed E-state index contributed by atoms with van der Waals surface area (Å²) in [7, 11) is 0. The quantitative estimate of drug-likeness (QED) is 0.593. The van der Waals surface area contributed by atoms with Gasteiger partial charge in [-0.3, -0.25) is 9.59 Å². The van der Waals surface area contributed by atoms with E-state index in [0.29, 0.717) is 13.0 Å². The summed E-state index contributed by atoms with van der Waals surface area (Å²) in [4.78, 5) is 40.9. The zero-order valence-corrected chi connectivity index (χ0v) is 21.1. The molecule has 0 aromatic heterocycles. The number of aryl methyl sites for hydroxylation is 1. The molecular weight excluding hydrogens is 418 g/mol. The lowest BCUT2D eigenvalue weighted by Crippen LogP contribution is -2.53. The van der Waals surface area contributed by atoms with Crippen LogP contribution >= 0.6 is 0 Å². The molecule has 3 amide bonds. The summed E-state index contributed by atoms with van der Waals surface area (Å²) in [6.45, 7) is 11.3. The summed E-state index contributed by atoms with van der Waals surface area (Å²) < 4.78 is 5.30. The minimum Gasteiger partial charge on any atom is -0.444 e. The molecule has 2 atom stereocenters. The number of nitrogens with zero attached hydrogens (tertiary/aromatic N) is 1. The third-order valence-electron chi connectivity index (χ3n) is 5.76. The first-order valence-corrected chi connectivity index (χ1v) is 12.2. The summed E-state index contributed by atoms with van der Waals surface area (Å²) in [5, 5.41) is 5.82. The van der Waals surface area contributed by atoms with Gasteiger partial charge in [0.1, 0.15) is 17.7 Å². The van der Waals surface area contributed by atoms with E-state index in [2.05, 4.69) is 10.6 Å². The molecule has 0 bridgehead atoms. The van der Waals surface area contributed by atoms with Crippen LogP contribution in [0.2, 0.25) is 0 Å². The highest BCUT2D eigenvalue weighted by Crippen LogP contribution is 2.25. The van der Waals surface area contributed by atoms with Gasteiger partial charge >= 0.3 is 6.09 Å². The molecule has 0 radical (unpaired) electrons. The van der Waals surface area contributed by atoms with Crippen LogP contribution in [-0.2, 0) is 14.3 Å². The Morgan fingerprint density at radius 1 is 1.09 bits per heavy atom. The summed E-state index contributed by atoms with van der Waals surface area (Å²) in [6.07, 6.45) is 5.36. The third kappa shape index (κ3) is 8.37. The van der Waals surface area contributed by atoms with Gasteiger partial charge in [-0.1, -0.05) is 56.0 Å². The van der Waals surface area contributed by atoms with E-state index in [0.717, 1.165) is 36.8 Å². The van der Waals surface area contributed by atoms with E-state index in [1.165, 1.54) is 6.42 Å². The fourth-order valence-electron chi connectivity index (χ4n) is 4.15. The highest BCUT2D eigenvalue weighted by atomic mass is 16.6. The second-order valence-electron chi connectivity index (χ2n) is 10.1. The summed E-state index contributed by atoms with van der Waals surface area (Å²) in [5.41, 5.74) is 1.18. The molecule has 2 N–H and O–H groups in total. The Hall–Kier alpha value is -2.57. The van der Waals surface area contributed by atoms with Gasteiger partial charge in [0.2, 0.25) is 11.8 Å². The van der Waals surface area contributed by atoms with Gasteiger partial charge in [-0.15, -0.1) is 0 Å². The fraction of sp³-hybridized carbons (Fsp3) is 0.654. The maximum atomic E-state index is 13.5. The first-order chi connectivity index (χ1) is 15.5. The van der Waals surface area contributed by atoms with Crippen LogP contribution in [0.1, 0.15) is 90.3 Å². The lowest BCUT2D eigenvalue weighted by Gasteiger charge is -2.35. The van der Waals surface area contributed by atoms with Gasteiger partial charge in [0, 0.05) is 12.6 Å². The van der Waals surface area contributed by atoms with Crippen molar-refractivity contribution in [1.82, 2.24) is 15.5 Å². The van der Waals surface area contributed by atoms with Gasteiger partial charge in [0.25, 0.3) is 0 Å². The number of carbonyl (C=O) groups excluding carboxylic acids is 3. The van der Waals surface area contributed by atoms with Gasteiger partial charge in [-0.2, -0.15) is 0 Å². The predicted molar refractivity (Wildman–Crippen MR) is 130 cm³/mol. The molecule has 184 valence electrons. The molecule has 1 aliphatic rings. The molecule has 2 rings (SSSR count). The molecule has 1 saturated carbocycles. The lowest BCUT2D eigenvalue weighted by molar-refractivity contribution is -0.142. The van der Waals surface area contributed by atoms with Crippen molar-refractivity contribution in [3.8, 4) is 0 Å². The van der Waals surface area contributed by atoms with Crippen molar-refractivity contribution >= 4 is 17.9 Å². The smallest absolute Gasteiger partial charge is 0.408 e. The van der Waals surface area contributed by atoms with Crippen LogP contribution in [-0.4, -0.2) is 47.0 Å². The van der Waals surface area contributed by atoms with Crippen LogP contribution in [0.15, 0.2) is 24.3 Å². The summed E-state index contributed by atoms with van der Waals surface area (Å²) in [6, 6.07) is 6.25. The Labute approximate surface area is 198 Å². The largest absolute Gasteiger partial charge is 0.444 e. The van der Waals surface area contributed by atoms with Crippen LogP contribution in [0.25, 0.3) is 0 Å². The number of alkyl carbamates (subject to hydrolysis) is 1. The Kier molecular flexibility index (Phi) is 9.74. The van der Waals surface area contributed by atoms with E-state index < -0.39 is 23.8 Å². The highest BCUT2D eigenvalue weighted by molar-refractivity contribution is 5.92. The molecule has 1 fully saturated rings. The molecule has 1 aromatic carbocycles. The van der Waals surface area contributed by atoms with Crippen molar-refractivity contribution in [2.24, 2.45) is 0 Å². The van der Waals surface area contributed by atoms with E-state index in [1.807, 2.05) is 38.1 Å². The molecule has 0 saturated heterocycles. The van der Waals surface area contributed by atoms with Gasteiger partial charge in [0.05, 0.1) is 0 Å². The SMILES string of the molecule is CCCN(C(=O)C(C)NC(=O)OC(C)(C)C)C(C(=O)NC1CCCCC1)c1ccc(C)cc1. The molecule has 0 aliphatic heterocycles. The second-order valence-corrected chi connectivity index (χ2v) is 10.1. The van der Waals surface area contributed by atoms with Crippen molar-refractivity contribution in [3.63, 3.8) is 0 Å². The van der Waals surface area contributed by atoms with Crippen molar-refractivity contribution in [2.45, 2.75) is 104 Å². The minimum absolute atomic E-state index is 0.134. The molecular formula is C26H41N3O4. The van der Waals surface area contributed by atoms with Crippen LogP contribution in [0.5, 0.6) is 0 Å². The first kappa shape index (κ1) is 26.7. The van der Waals surface area contributed by atoms with Crippen LogP contribution in [0, 0.1) is 6.92 Å². The van der Waals surface area contributed by atoms with Gasteiger partial charge in [-0.05, 0) is 59.4 Å². The Bertz CT molecular complexity index is 795. The van der Waals surface area contributed by atoms with Crippen LogP contribution in [0.3, 0.4) is 0 Å². The normalized spacial score (nSPS) is 16.4. The maximum Gasteiger partial charge on any atom is 0.408 e. The number of nitrogens with one attached hydrogen (secondary N) is 2. The van der Waals surface area contributed by atoms with Crippen LogP contribution in [0.4, 0.5) is 4.79 Å². The van der Waals surface area contributed by atoms with E-state index in [9.17, 15) is 14.4 Å². The third-order valence-corrected chi connectivity index (χ3v) is 5.76. The van der Waals surface area contributed by atoms with Crippen LogP contribution < -0.4 is 10.6 Å². The number of carbonyl (C=O) groups is 3. The minimum atomic E-state index is -0.832. The monoisotopic (exact) mass is 459 g/mol. The number of hydrogen-bond acceptors (Lipinski definition) is 4. The molecule has 7 heteroatoms. The second kappa shape index (κ2) is 12.1. The number of hydrogen-bond donors (Lipinski definition) is 2. The average molecular weight is 460 g/mol. The topological polar surface area (TPSA) is 87.7 Å². The zero-order valence-electron chi connectivity index (χ0n) is 21.1. The Morgan fingerprint density at radius 2 is 1.70 bits per heavy atom. The molecule has 0 spiro atoms. The van der Waals surface area contributed by atoms with Gasteiger partial charge in [-0.25, -0.2) is 4.79 Å². The molecule has 33 heavy (non-hydrogen) atoms. The van der Waals surface area contributed by atoms with E-state index in [1.54, 1.807) is 32.6 Å². The number of ether oxygens (including phenoxy) is 1. The Balaban J connectivity index is 2.28. The van der Waals surface area contributed by atoms with Gasteiger partial charge in [0.15, 0.2) is 0 Å². The fourth-order valence-corrected chi connectivity index (χ4v) is 4.15. The van der Waals surface area contributed by atoms with Crippen molar-refractivity contribution in [3.05, 3.63) is 35.4 Å². The van der Waals surface area contributed by atoms with Crippen molar-refractivity contribution in [2.75, 3.05) is 6.54 Å². The maximum absolute atomic E-state index is 13.5. The lowest BCUT2D eigenvalue weighted by atomic mass is 9.94. The van der Waals surface area contributed by atoms with Gasteiger partial charge < -0.3 is 20.3 Å².